The summed E-state index contributed by atoms with van der Waals surface area (Å²) in [4.78, 5) is 9.64. The molecule has 1 aromatic heterocycles. The summed E-state index contributed by atoms with van der Waals surface area (Å²) in [6.45, 7) is 4.35. The second-order valence-electron chi connectivity index (χ2n) is 5.82. The van der Waals surface area contributed by atoms with Crippen molar-refractivity contribution in [2.45, 2.75) is 24.8 Å². The van der Waals surface area contributed by atoms with E-state index in [9.17, 15) is 0 Å². The highest BCUT2D eigenvalue weighted by Crippen LogP contribution is 2.43. The molecule has 1 saturated carbocycles. The quantitative estimate of drug-likeness (QED) is 0.804. The van der Waals surface area contributed by atoms with Gasteiger partial charge in [-0.15, -0.1) is 0 Å². The van der Waals surface area contributed by atoms with Gasteiger partial charge in [-0.3, -0.25) is 0 Å². The lowest BCUT2D eigenvalue weighted by molar-refractivity contribution is 0.461. The summed E-state index contributed by atoms with van der Waals surface area (Å²) in [6, 6.07) is 2.95. The molecule has 0 spiro atoms. The number of likely N-dealkylation sites (N-methyl/N-ethyl adjacent to an activating group) is 1. The molecule has 4 nitrogen and oxygen atoms in total. The van der Waals surface area contributed by atoms with E-state index >= 15 is 0 Å². The van der Waals surface area contributed by atoms with Crippen LogP contribution in [0.1, 0.15) is 24.3 Å². The highest BCUT2D eigenvalue weighted by molar-refractivity contribution is 5.71. The summed E-state index contributed by atoms with van der Waals surface area (Å²) in [5.41, 5.74) is 2.77. The van der Waals surface area contributed by atoms with E-state index in [-0.39, 0.29) is 0 Å². The molecule has 0 aromatic carbocycles. The average Bonchev–Trinajstić information content (AvgIpc) is 3.23. The normalized spacial score (nSPS) is 26.8. The van der Waals surface area contributed by atoms with Crippen molar-refractivity contribution in [2.24, 2.45) is 0 Å². The van der Waals surface area contributed by atoms with Crippen LogP contribution < -0.4 is 15.1 Å². The minimum Gasteiger partial charge on any atom is -0.369 e. The maximum Gasteiger partial charge on any atom is 0.152 e. The third kappa shape index (κ3) is 1.59. The fourth-order valence-electron chi connectivity index (χ4n) is 3.22. The van der Waals surface area contributed by atoms with Gasteiger partial charge in [0.05, 0.1) is 11.7 Å². The first kappa shape index (κ1) is 10.6. The van der Waals surface area contributed by atoms with Crippen LogP contribution in [0.3, 0.4) is 0 Å². The number of hydrogen-bond acceptors (Lipinski definition) is 4. The fraction of sp³-hybridized carbons (Fsp3) is 0.643. The number of aromatic nitrogens is 1. The zero-order chi connectivity index (χ0) is 12.1. The Morgan fingerprint density at radius 1 is 1.39 bits per heavy atom. The van der Waals surface area contributed by atoms with Crippen LogP contribution in [0.25, 0.3) is 0 Å². The van der Waals surface area contributed by atoms with Gasteiger partial charge in [0.25, 0.3) is 0 Å². The Hall–Kier alpha value is -1.29. The van der Waals surface area contributed by atoms with Gasteiger partial charge in [-0.05, 0) is 30.4 Å². The van der Waals surface area contributed by atoms with E-state index in [1.807, 2.05) is 0 Å². The van der Waals surface area contributed by atoms with Gasteiger partial charge in [0.2, 0.25) is 0 Å². The molecule has 18 heavy (non-hydrogen) atoms. The topological polar surface area (TPSA) is 31.4 Å². The summed E-state index contributed by atoms with van der Waals surface area (Å²) >= 11 is 0. The van der Waals surface area contributed by atoms with Crippen LogP contribution in [0.15, 0.2) is 12.3 Å². The molecule has 1 atom stereocenters. The van der Waals surface area contributed by atoms with Crippen LogP contribution >= 0.6 is 0 Å². The van der Waals surface area contributed by atoms with Crippen LogP contribution in [0.4, 0.5) is 11.5 Å². The van der Waals surface area contributed by atoms with Gasteiger partial charge >= 0.3 is 0 Å². The number of hydrogen-bond donors (Lipinski definition) is 1. The van der Waals surface area contributed by atoms with Crippen LogP contribution in [0, 0.1) is 0 Å². The first-order valence-corrected chi connectivity index (χ1v) is 7.01. The molecular weight excluding hydrogens is 224 g/mol. The fourth-order valence-corrected chi connectivity index (χ4v) is 3.22. The molecule has 1 aromatic rings. The molecule has 4 rings (SSSR count). The van der Waals surface area contributed by atoms with E-state index in [2.05, 4.69) is 34.4 Å². The molecule has 0 bridgehead atoms. The lowest BCUT2D eigenvalue weighted by Gasteiger charge is -2.45. The van der Waals surface area contributed by atoms with Gasteiger partial charge in [-0.1, -0.05) is 0 Å². The molecule has 0 radical (unpaired) electrons. The smallest absolute Gasteiger partial charge is 0.152 e. The summed E-state index contributed by atoms with van der Waals surface area (Å²) in [6.07, 6.45) is 4.80. The second kappa shape index (κ2) is 3.85. The molecule has 2 aliphatic heterocycles. The molecular formula is C14H20N4. The molecule has 4 heteroatoms. The lowest BCUT2D eigenvalue weighted by Crippen LogP contribution is -2.58. The molecule has 0 amide bonds. The first-order valence-electron chi connectivity index (χ1n) is 7.01. The van der Waals surface area contributed by atoms with Crippen molar-refractivity contribution in [3.63, 3.8) is 0 Å². The Kier molecular flexibility index (Phi) is 2.27. The van der Waals surface area contributed by atoms with Crippen molar-refractivity contribution in [2.75, 3.05) is 43.0 Å². The van der Waals surface area contributed by atoms with Crippen molar-refractivity contribution in [1.29, 1.82) is 0 Å². The van der Waals surface area contributed by atoms with E-state index in [4.69, 9.17) is 4.98 Å². The third-order valence-electron chi connectivity index (χ3n) is 4.44. The van der Waals surface area contributed by atoms with Crippen molar-refractivity contribution in [1.82, 2.24) is 10.3 Å². The monoisotopic (exact) mass is 244 g/mol. The van der Waals surface area contributed by atoms with Crippen molar-refractivity contribution >= 4 is 11.5 Å². The minimum atomic E-state index is 0.579. The Morgan fingerprint density at radius 3 is 3.11 bits per heavy atom. The van der Waals surface area contributed by atoms with E-state index in [0.29, 0.717) is 6.04 Å². The number of fused-ring (bicyclic) bond motifs is 3. The Labute approximate surface area is 108 Å². The number of nitrogens with one attached hydrogen (secondary N) is 1. The Morgan fingerprint density at radius 2 is 2.28 bits per heavy atom. The van der Waals surface area contributed by atoms with Crippen molar-refractivity contribution in [3.8, 4) is 0 Å². The number of nitrogens with zero attached hydrogens (tertiary/aromatic N) is 3. The minimum absolute atomic E-state index is 0.579. The zero-order valence-electron chi connectivity index (χ0n) is 10.9. The molecule has 1 aliphatic carbocycles. The summed E-state index contributed by atoms with van der Waals surface area (Å²) in [7, 11) is 2.20. The Balaban J connectivity index is 1.74. The number of rotatable bonds is 1. The molecule has 1 saturated heterocycles. The van der Waals surface area contributed by atoms with Gasteiger partial charge in [0.15, 0.2) is 5.82 Å². The number of piperazine rings is 1. The molecule has 2 fully saturated rings. The molecule has 96 valence electrons. The maximum atomic E-state index is 4.77. The van der Waals surface area contributed by atoms with Crippen molar-refractivity contribution < 1.29 is 0 Å². The van der Waals surface area contributed by atoms with Gasteiger partial charge in [-0.25, -0.2) is 4.98 Å². The van der Waals surface area contributed by atoms with E-state index in [0.717, 1.165) is 32.1 Å². The summed E-state index contributed by atoms with van der Waals surface area (Å²) < 4.78 is 0. The van der Waals surface area contributed by atoms with E-state index < -0.39 is 0 Å². The Bertz CT molecular complexity index is 469. The summed E-state index contributed by atoms with van der Waals surface area (Å²) in [5.74, 6) is 1.98. The third-order valence-corrected chi connectivity index (χ3v) is 4.44. The lowest BCUT2D eigenvalue weighted by atomic mass is 10.1. The zero-order valence-corrected chi connectivity index (χ0v) is 10.9. The van der Waals surface area contributed by atoms with Gasteiger partial charge in [-0.2, -0.15) is 0 Å². The standard InChI is InChI=1S/C14H20N4/c1-17-9-12-8-15-4-5-18(12)14-13(17)6-11(7-16-14)10-2-3-10/h6-7,10,12,15H,2-5,8-9H2,1H3/t12-/m1/s1. The van der Waals surface area contributed by atoms with Crippen LogP contribution in [-0.4, -0.2) is 44.3 Å². The number of pyridine rings is 1. The first-order chi connectivity index (χ1) is 8.83. The predicted molar refractivity (Wildman–Crippen MR) is 73.5 cm³/mol. The number of anilines is 2. The largest absolute Gasteiger partial charge is 0.369 e. The SMILES string of the molecule is CN1C[C@H]2CNCCN2c2ncc(C3CC3)cc21. The predicted octanol–water partition coefficient (Wildman–Crippen LogP) is 1.19. The average molecular weight is 244 g/mol. The van der Waals surface area contributed by atoms with Crippen LogP contribution in [0.5, 0.6) is 0 Å². The second-order valence-corrected chi connectivity index (χ2v) is 5.82. The molecule has 3 aliphatic rings. The molecule has 1 N–H and O–H groups in total. The maximum absolute atomic E-state index is 4.77. The van der Waals surface area contributed by atoms with Crippen LogP contribution in [-0.2, 0) is 0 Å². The van der Waals surface area contributed by atoms with Gasteiger partial charge in [0.1, 0.15) is 0 Å². The van der Waals surface area contributed by atoms with Crippen molar-refractivity contribution in [3.05, 3.63) is 17.8 Å². The molecule has 3 heterocycles. The highest BCUT2D eigenvalue weighted by atomic mass is 15.3. The van der Waals surface area contributed by atoms with E-state index in [1.165, 1.54) is 29.9 Å². The van der Waals surface area contributed by atoms with Gasteiger partial charge < -0.3 is 15.1 Å². The van der Waals surface area contributed by atoms with Gasteiger partial charge in [0, 0.05) is 39.4 Å². The molecule has 0 unspecified atom stereocenters. The highest BCUT2D eigenvalue weighted by Gasteiger charge is 2.33. The van der Waals surface area contributed by atoms with Crippen LogP contribution in [0.2, 0.25) is 0 Å². The van der Waals surface area contributed by atoms with E-state index in [1.54, 1.807) is 0 Å². The summed E-state index contributed by atoms with van der Waals surface area (Å²) in [5, 5.41) is 3.48.